The number of nitrogens with zero attached hydrogens (tertiary/aromatic N) is 3. The van der Waals surface area contributed by atoms with Crippen molar-refractivity contribution in [3.63, 3.8) is 0 Å². The van der Waals surface area contributed by atoms with E-state index >= 15 is 0 Å². The normalized spacial score (nSPS) is 13.1. The summed E-state index contributed by atoms with van der Waals surface area (Å²) in [6.07, 6.45) is 2.59. The number of hydrogen-bond acceptors (Lipinski definition) is 3. The zero-order valence-electron chi connectivity index (χ0n) is 12.1. The first-order valence-electron chi connectivity index (χ1n) is 6.65. The zero-order valence-corrected chi connectivity index (χ0v) is 12.1. The highest BCUT2D eigenvalue weighted by Gasteiger charge is 2.13. The minimum Gasteiger partial charge on any atom is -0.307 e. The van der Waals surface area contributed by atoms with Crippen LogP contribution in [0.4, 0.5) is 0 Å². The highest BCUT2D eigenvalue weighted by Crippen LogP contribution is 2.13. The summed E-state index contributed by atoms with van der Waals surface area (Å²) in [5.74, 6) is 0. The van der Waals surface area contributed by atoms with Crippen LogP contribution in [0.25, 0.3) is 10.9 Å². The number of aryl methyl sites for hydroxylation is 1. The average molecular weight is 259 g/mol. The van der Waals surface area contributed by atoms with E-state index in [4.69, 9.17) is 0 Å². The Kier molecular flexibility index (Phi) is 4.00. The van der Waals surface area contributed by atoms with Crippen molar-refractivity contribution in [2.45, 2.75) is 26.3 Å². The Morgan fingerprint density at radius 2 is 2.11 bits per heavy atom. The molecule has 19 heavy (non-hydrogen) atoms. The molecule has 102 valence electrons. The summed E-state index contributed by atoms with van der Waals surface area (Å²) >= 11 is 0. The lowest BCUT2D eigenvalue weighted by molar-refractivity contribution is 0.311. The van der Waals surface area contributed by atoms with Crippen LogP contribution in [-0.4, -0.2) is 35.1 Å². The van der Waals surface area contributed by atoms with Crippen molar-refractivity contribution in [1.29, 1.82) is 0 Å². The van der Waals surface area contributed by atoms with Crippen LogP contribution in [0.1, 0.15) is 24.9 Å². The monoisotopic (exact) mass is 259 g/mol. The van der Waals surface area contributed by atoms with E-state index in [9.17, 15) is 4.79 Å². The summed E-state index contributed by atoms with van der Waals surface area (Å²) in [4.78, 5) is 19.1. The Morgan fingerprint density at radius 1 is 1.37 bits per heavy atom. The highest BCUT2D eigenvalue weighted by molar-refractivity contribution is 5.77. The molecule has 1 heterocycles. The predicted octanol–water partition coefficient (Wildman–Crippen LogP) is 2.22. The van der Waals surface area contributed by atoms with E-state index < -0.39 is 0 Å². The Bertz CT molecular complexity index is 631. The van der Waals surface area contributed by atoms with Gasteiger partial charge in [0.15, 0.2) is 0 Å². The van der Waals surface area contributed by atoms with E-state index in [1.807, 2.05) is 39.2 Å². The number of benzene rings is 1. The molecule has 4 nitrogen and oxygen atoms in total. The molecule has 0 amide bonds. The third-order valence-electron chi connectivity index (χ3n) is 3.38. The molecule has 0 saturated carbocycles. The van der Waals surface area contributed by atoms with Gasteiger partial charge in [0.2, 0.25) is 0 Å². The number of hydrogen-bond donors (Lipinski definition) is 0. The molecule has 0 N–H and O–H groups in total. The van der Waals surface area contributed by atoms with Crippen LogP contribution in [0.15, 0.2) is 29.3 Å². The second kappa shape index (κ2) is 5.53. The number of rotatable bonds is 4. The molecule has 0 radical (unpaired) electrons. The van der Waals surface area contributed by atoms with Crippen LogP contribution < -0.4 is 5.56 Å². The lowest BCUT2D eigenvalue weighted by atomic mass is 10.1. The summed E-state index contributed by atoms with van der Waals surface area (Å²) < 4.78 is 1.77. The fraction of sp³-hybridized carbons (Fsp3) is 0.467. The zero-order chi connectivity index (χ0) is 14.0. The first-order chi connectivity index (χ1) is 9.02. The second-order valence-electron chi connectivity index (χ2n) is 5.30. The Labute approximate surface area is 113 Å². The molecule has 0 bridgehead atoms. The molecule has 0 aliphatic rings. The van der Waals surface area contributed by atoms with Gasteiger partial charge in [-0.15, -0.1) is 0 Å². The van der Waals surface area contributed by atoms with Gasteiger partial charge in [-0.1, -0.05) is 18.6 Å². The predicted molar refractivity (Wildman–Crippen MR) is 78.6 cm³/mol. The van der Waals surface area contributed by atoms with Crippen LogP contribution in [0.2, 0.25) is 0 Å². The van der Waals surface area contributed by atoms with Crippen molar-refractivity contribution < 1.29 is 0 Å². The molecule has 0 unspecified atom stereocenters. The van der Waals surface area contributed by atoms with Gasteiger partial charge in [0.05, 0.1) is 23.3 Å². The molecular weight excluding hydrogens is 238 g/mol. The SMILES string of the molecule is CC[C@H](CN(C)C)n1cnc2ccc(C)cc2c1=O. The molecule has 1 atom stereocenters. The molecular formula is C15H21N3O. The van der Waals surface area contributed by atoms with Gasteiger partial charge in [0.1, 0.15) is 0 Å². The summed E-state index contributed by atoms with van der Waals surface area (Å²) in [6.45, 7) is 4.93. The highest BCUT2D eigenvalue weighted by atomic mass is 16.1. The summed E-state index contributed by atoms with van der Waals surface area (Å²) in [5.41, 5.74) is 1.92. The van der Waals surface area contributed by atoms with Crippen molar-refractivity contribution in [1.82, 2.24) is 14.5 Å². The Morgan fingerprint density at radius 3 is 2.74 bits per heavy atom. The van der Waals surface area contributed by atoms with Crippen LogP contribution in [0.5, 0.6) is 0 Å². The molecule has 0 aliphatic carbocycles. The maximum absolute atomic E-state index is 12.6. The van der Waals surface area contributed by atoms with Crippen molar-refractivity contribution in [2.75, 3.05) is 20.6 Å². The molecule has 0 saturated heterocycles. The fourth-order valence-electron chi connectivity index (χ4n) is 2.35. The average Bonchev–Trinajstić information content (AvgIpc) is 2.37. The quantitative estimate of drug-likeness (QED) is 0.845. The van der Waals surface area contributed by atoms with Gasteiger partial charge in [0, 0.05) is 6.54 Å². The van der Waals surface area contributed by atoms with Crippen molar-refractivity contribution in [3.05, 3.63) is 40.4 Å². The summed E-state index contributed by atoms with van der Waals surface area (Å²) in [5, 5.41) is 0.708. The molecule has 0 aliphatic heterocycles. The summed E-state index contributed by atoms with van der Waals surface area (Å²) in [7, 11) is 4.04. The van der Waals surface area contributed by atoms with Gasteiger partial charge in [-0.3, -0.25) is 9.36 Å². The largest absolute Gasteiger partial charge is 0.307 e. The van der Waals surface area contributed by atoms with Crippen molar-refractivity contribution in [3.8, 4) is 0 Å². The van der Waals surface area contributed by atoms with E-state index in [0.717, 1.165) is 24.0 Å². The van der Waals surface area contributed by atoms with Gasteiger partial charge in [0.25, 0.3) is 5.56 Å². The first kappa shape index (κ1) is 13.7. The Balaban J connectivity index is 2.55. The van der Waals surface area contributed by atoms with E-state index in [2.05, 4.69) is 16.8 Å². The second-order valence-corrected chi connectivity index (χ2v) is 5.30. The molecule has 1 aromatic heterocycles. The number of likely N-dealkylation sites (N-methyl/N-ethyl adjacent to an activating group) is 1. The molecule has 2 aromatic rings. The lowest BCUT2D eigenvalue weighted by Crippen LogP contribution is -2.31. The van der Waals surface area contributed by atoms with E-state index in [1.165, 1.54) is 0 Å². The third-order valence-corrected chi connectivity index (χ3v) is 3.38. The van der Waals surface area contributed by atoms with Crippen LogP contribution in [-0.2, 0) is 0 Å². The standard InChI is InChI=1S/C15H21N3O/c1-5-12(9-17(3)4)18-10-16-14-7-6-11(2)8-13(14)15(18)19/h6-8,10,12H,5,9H2,1-4H3/t12-/m1/s1. The van der Waals surface area contributed by atoms with E-state index in [0.29, 0.717) is 5.39 Å². The van der Waals surface area contributed by atoms with E-state index in [1.54, 1.807) is 10.9 Å². The maximum atomic E-state index is 12.6. The molecule has 0 spiro atoms. The minimum absolute atomic E-state index is 0.0578. The van der Waals surface area contributed by atoms with Crippen molar-refractivity contribution in [2.24, 2.45) is 0 Å². The molecule has 0 fully saturated rings. The lowest BCUT2D eigenvalue weighted by Gasteiger charge is -2.21. The molecule has 4 heteroatoms. The van der Waals surface area contributed by atoms with Gasteiger partial charge in [-0.2, -0.15) is 0 Å². The number of fused-ring (bicyclic) bond motifs is 1. The van der Waals surface area contributed by atoms with Crippen LogP contribution in [0, 0.1) is 6.92 Å². The van der Waals surface area contributed by atoms with Gasteiger partial charge >= 0.3 is 0 Å². The first-order valence-corrected chi connectivity index (χ1v) is 6.65. The Hall–Kier alpha value is -1.68. The third kappa shape index (κ3) is 2.84. The topological polar surface area (TPSA) is 38.1 Å². The van der Waals surface area contributed by atoms with Gasteiger partial charge in [-0.25, -0.2) is 4.98 Å². The summed E-state index contributed by atoms with van der Waals surface area (Å²) in [6, 6.07) is 5.98. The number of aromatic nitrogens is 2. The maximum Gasteiger partial charge on any atom is 0.261 e. The van der Waals surface area contributed by atoms with E-state index in [-0.39, 0.29) is 11.6 Å². The van der Waals surface area contributed by atoms with Crippen molar-refractivity contribution >= 4 is 10.9 Å². The van der Waals surface area contributed by atoms with Crippen LogP contribution >= 0.6 is 0 Å². The fourth-order valence-corrected chi connectivity index (χ4v) is 2.35. The minimum atomic E-state index is 0.0578. The smallest absolute Gasteiger partial charge is 0.261 e. The van der Waals surface area contributed by atoms with Gasteiger partial charge in [-0.05, 0) is 39.6 Å². The molecule has 2 rings (SSSR count). The van der Waals surface area contributed by atoms with Crippen LogP contribution in [0.3, 0.4) is 0 Å². The van der Waals surface area contributed by atoms with Gasteiger partial charge < -0.3 is 4.90 Å². The molecule has 1 aromatic carbocycles.